The highest BCUT2D eigenvalue weighted by Crippen LogP contribution is 2.22. The van der Waals surface area contributed by atoms with E-state index in [1.54, 1.807) is 7.11 Å². The number of benzene rings is 1. The molecule has 18 heavy (non-hydrogen) atoms. The van der Waals surface area contributed by atoms with Crippen LogP contribution in [0.3, 0.4) is 0 Å². The summed E-state index contributed by atoms with van der Waals surface area (Å²) in [5.41, 5.74) is 6.74. The molecule has 1 unspecified atom stereocenters. The lowest BCUT2D eigenvalue weighted by Gasteiger charge is -2.16. The summed E-state index contributed by atoms with van der Waals surface area (Å²) in [5.74, 6) is 0.697. The number of nitrogens with two attached hydrogens (primary N) is 1. The lowest BCUT2D eigenvalue weighted by atomic mass is 9.98. The molecule has 4 heteroatoms. The minimum atomic E-state index is -0.179. The predicted molar refractivity (Wildman–Crippen MR) is 70.4 cm³/mol. The van der Waals surface area contributed by atoms with Gasteiger partial charge in [0, 0.05) is 12.6 Å². The van der Waals surface area contributed by atoms with Crippen molar-refractivity contribution >= 4 is 5.91 Å². The molecule has 1 atom stereocenters. The summed E-state index contributed by atoms with van der Waals surface area (Å²) in [4.78, 5) is 12.0. The molecule has 0 saturated heterocycles. The molecule has 0 aliphatic heterocycles. The third-order valence-electron chi connectivity index (χ3n) is 3.24. The first kappa shape index (κ1) is 12.9. The van der Waals surface area contributed by atoms with Gasteiger partial charge in [0.25, 0.3) is 0 Å². The normalized spacial score (nSPS) is 16.1. The van der Waals surface area contributed by atoms with E-state index in [9.17, 15) is 4.79 Å². The number of hydrogen-bond acceptors (Lipinski definition) is 3. The summed E-state index contributed by atoms with van der Waals surface area (Å²) in [6.45, 7) is 0.358. The average Bonchev–Trinajstić information content (AvgIpc) is 3.20. The molecule has 0 radical (unpaired) electrons. The van der Waals surface area contributed by atoms with Crippen LogP contribution in [-0.2, 0) is 11.2 Å². The van der Waals surface area contributed by atoms with Crippen molar-refractivity contribution in [1.29, 1.82) is 0 Å². The van der Waals surface area contributed by atoms with Crippen molar-refractivity contribution in [1.82, 2.24) is 5.32 Å². The van der Waals surface area contributed by atoms with Gasteiger partial charge in [-0.25, -0.2) is 0 Å². The molecular weight excluding hydrogens is 228 g/mol. The summed E-state index contributed by atoms with van der Waals surface area (Å²) in [5, 5.41) is 3.00. The molecule has 0 aromatic heterocycles. The Bertz CT molecular complexity index is 416. The van der Waals surface area contributed by atoms with Crippen molar-refractivity contribution in [2.45, 2.75) is 25.3 Å². The van der Waals surface area contributed by atoms with E-state index in [4.69, 9.17) is 10.5 Å². The first-order valence-electron chi connectivity index (χ1n) is 6.37. The lowest BCUT2D eigenvalue weighted by Crippen LogP contribution is -2.37. The van der Waals surface area contributed by atoms with E-state index in [0.29, 0.717) is 19.0 Å². The van der Waals surface area contributed by atoms with Crippen molar-refractivity contribution in [3.8, 4) is 5.75 Å². The second kappa shape index (κ2) is 5.87. The smallest absolute Gasteiger partial charge is 0.224 e. The Morgan fingerprint density at radius 3 is 2.83 bits per heavy atom. The Morgan fingerprint density at radius 1 is 1.50 bits per heavy atom. The zero-order valence-electron chi connectivity index (χ0n) is 10.7. The largest absolute Gasteiger partial charge is 0.496 e. The number of rotatable bonds is 6. The Morgan fingerprint density at radius 2 is 2.22 bits per heavy atom. The van der Waals surface area contributed by atoms with E-state index in [0.717, 1.165) is 24.2 Å². The standard InChI is InChI=1S/C14H20N2O2/c1-18-13-5-3-2-4-10(13)8-11(9-15)14(17)16-12-6-7-12/h2-5,11-12H,6-9,15H2,1H3,(H,16,17). The maximum Gasteiger partial charge on any atom is 0.224 e. The van der Waals surface area contributed by atoms with Gasteiger partial charge in [-0.3, -0.25) is 4.79 Å². The molecule has 2 rings (SSSR count). The first-order valence-corrected chi connectivity index (χ1v) is 6.37. The molecule has 1 aliphatic rings. The fourth-order valence-corrected chi connectivity index (χ4v) is 1.97. The van der Waals surface area contributed by atoms with Gasteiger partial charge in [0.05, 0.1) is 13.0 Å². The van der Waals surface area contributed by atoms with Crippen LogP contribution >= 0.6 is 0 Å². The number of amides is 1. The summed E-state index contributed by atoms with van der Waals surface area (Å²) >= 11 is 0. The minimum Gasteiger partial charge on any atom is -0.496 e. The molecule has 98 valence electrons. The summed E-state index contributed by atoms with van der Waals surface area (Å²) in [6.07, 6.45) is 2.81. The van der Waals surface area contributed by atoms with Crippen LogP contribution in [0.15, 0.2) is 24.3 Å². The highest BCUT2D eigenvalue weighted by molar-refractivity contribution is 5.79. The molecule has 3 N–H and O–H groups in total. The third-order valence-corrected chi connectivity index (χ3v) is 3.24. The molecule has 1 aromatic carbocycles. The van der Waals surface area contributed by atoms with Gasteiger partial charge in [-0.15, -0.1) is 0 Å². The van der Waals surface area contributed by atoms with Gasteiger partial charge in [0.15, 0.2) is 0 Å². The van der Waals surface area contributed by atoms with Crippen molar-refractivity contribution < 1.29 is 9.53 Å². The Labute approximate surface area is 108 Å². The number of hydrogen-bond donors (Lipinski definition) is 2. The average molecular weight is 248 g/mol. The molecule has 1 fully saturated rings. The molecule has 0 spiro atoms. The number of methoxy groups -OCH3 is 1. The Hall–Kier alpha value is -1.55. The molecule has 0 heterocycles. The third kappa shape index (κ3) is 3.23. The highest BCUT2D eigenvalue weighted by atomic mass is 16.5. The maximum atomic E-state index is 12.0. The molecule has 1 aliphatic carbocycles. The maximum absolute atomic E-state index is 12.0. The van der Waals surface area contributed by atoms with E-state index in [-0.39, 0.29) is 11.8 Å². The van der Waals surface area contributed by atoms with Gasteiger partial charge in [-0.05, 0) is 30.9 Å². The zero-order chi connectivity index (χ0) is 13.0. The van der Waals surface area contributed by atoms with Crippen LogP contribution in [0.2, 0.25) is 0 Å². The topological polar surface area (TPSA) is 64.3 Å². The van der Waals surface area contributed by atoms with E-state index in [1.165, 1.54) is 0 Å². The number of carbonyl (C=O) groups is 1. The molecule has 4 nitrogen and oxygen atoms in total. The second-order valence-corrected chi connectivity index (χ2v) is 4.73. The Kier molecular flexibility index (Phi) is 4.20. The van der Waals surface area contributed by atoms with E-state index in [1.807, 2.05) is 24.3 Å². The number of para-hydroxylation sites is 1. The van der Waals surface area contributed by atoms with Crippen LogP contribution in [0.1, 0.15) is 18.4 Å². The number of nitrogens with one attached hydrogen (secondary N) is 1. The van der Waals surface area contributed by atoms with Crippen LogP contribution in [0.4, 0.5) is 0 Å². The zero-order valence-corrected chi connectivity index (χ0v) is 10.7. The number of carbonyl (C=O) groups excluding carboxylic acids is 1. The summed E-state index contributed by atoms with van der Waals surface area (Å²) < 4.78 is 5.29. The molecule has 0 bridgehead atoms. The molecule has 1 aromatic rings. The molecule has 1 amide bonds. The molecular formula is C14H20N2O2. The van der Waals surface area contributed by atoms with Gasteiger partial charge >= 0.3 is 0 Å². The van der Waals surface area contributed by atoms with E-state index < -0.39 is 0 Å². The van der Waals surface area contributed by atoms with Crippen molar-refractivity contribution in [2.75, 3.05) is 13.7 Å². The molecule has 1 saturated carbocycles. The van der Waals surface area contributed by atoms with Crippen LogP contribution in [0.5, 0.6) is 5.75 Å². The SMILES string of the molecule is COc1ccccc1CC(CN)C(=O)NC1CC1. The van der Waals surface area contributed by atoms with Gasteiger partial charge in [0.2, 0.25) is 5.91 Å². The van der Waals surface area contributed by atoms with Crippen LogP contribution in [-0.4, -0.2) is 25.6 Å². The quantitative estimate of drug-likeness (QED) is 0.792. The van der Waals surface area contributed by atoms with Gasteiger partial charge in [-0.2, -0.15) is 0 Å². The summed E-state index contributed by atoms with van der Waals surface area (Å²) in [7, 11) is 1.64. The second-order valence-electron chi connectivity index (χ2n) is 4.73. The summed E-state index contributed by atoms with van der Waals surface area (Å²) in [6, 6.07) is 8.13. The van der Waals surface area contributed by atoms with Crippen LogP contribution in [0, 0.1) is 5.92 Å². The number of ether oxygens (including phenoxy) is 1. The minimum absolute atomic E-state index is 0.0610. The monoisotopic (exact) mass is 248 g/mol. The predicted octanol–water partition coefficient (Wildman–Crippen LogP) is 1.09. The highest BCUT2D eigenvalue weighted by Gasteiger charge is 2.27. The van der Waals surface area contributed by atoms with E-state index >= 15 is 0 Å². The fourth-order valence-electron chi connectivity index (χ4n) is 1.97. The van der Waals surface area contributed by atoms with E-state index in [2.05, 4.69) is 5.32 Å². The van der Waals surface area contributed by atoms with Gasteiger partial charge in [-0.1, -0.05) is 18.2 Å². The van der Waals surface area contributed by atoms with Crippen molar-refractivity contribution in [3.63, 3.8) is 0 Å². The Balaban J connectivity index is 2.01. The van der Waals surface area contributed by atoms with Crippen molar-refractivity contribution in [2.24, 2.45) is 11.7 Å². The van der Waals surface area contributed by atoms with Gasteiger partial charge in [0.1, 0.15) is 5.75 Å². The van der Waals surface area contributed by atoms with Crippen LogP contribution in [0.25, 0.3) is 0 Å². The fraction of sp³-hybridized carbons (Fsp3) is 0.500. The lowest BCUT2D eigenvalue weighted by molar-refractivity contribution is -0.124. The van der Waals surface area contributed by atoms with Crippen LogP contribution < -0.4 is 15.8 Å². The van der Waals surface area contributed by atoms with Gasteiger partial charge < -0.3 is 15.8 Å². The van der Waals surface area contributed by atoms with Crippen molar-refractivity contribution in [3.05, 3.63) is 29.8 Å². The first-order chi connectivity index (χ1) is 8.74.